The zero-order valence-electron chi connectivity index (χ0n) is 22.6. The van der Waals surface area contributed by atoms with Crippen LogP contribution in [0.5, 0.6) is 5.75 Å². The molecule has 9 nitrogen and oxygen atoms in total. The van der Waals surface area contributed by atoms with Crippen molar-refractivity contribution in [1.82, 2.24) is 4.57 Å². The average molecular weight is 638 g/mol. The van der Waals surface area contributed by atoms with Gasteiger partial charge in [-0.3, -0.25) is 9.36 Å². The summed E-state index contributed by atoms with van der Waals surface area (Å²) in [7, 11) is 2.88. The summed E-state index contributed by atoms with van der Waals surface area (Å²) in [6, 6.07) is 15.0. The molecule has 1 aliphatic heterocycles. The van der Waals surface area contributed by atoms with E-state index in [0.717, 1.165) is 0 Å². The lowest BCUT2D eigenvalue weighted by molar-refractivity contribution is -0.139. The van der Waals surface area contributed by atoms with E-state index in [-0.39, 0.29) is 17.7 Å². The maximum absolute atomic E-state index is 13.9. The Morgan fingerprint density at radius 1 is 1.12 bits per heavy atom. The number of hydrogen-bond donors (Lipinski definition) is 0. The molecule has 2 aromatic heterocycles. The van der Waals surface area contributed by atoms with Gasteiger partial charge in [0, 0.05) is 11.6 Å². The molecule has 1 atom stereocenters. The van der Waals surface area contributed by atoms with Crippen LogP contribution in [0.2, 0.25) is 0 Å². The first kappa shape index (κ1) is 28.3. The molecule has 2 aromatic carbocycles. The van der Waals surface area contributed by atoms with Gasteiger partial charge in [-0.25, -0.2) is 14.6 Å². The van der Waals surface area contributed by atoms with E-state index in [0.29, 0.717) is 53.5 Å². The van der Waals surface area contributed by atoms with Gasteiger partial charge in [0.25, 0.3) is 5.56 Å². The van der Waals surface area contributed by atoms with Gasteiger partial charge in [0.1, 0.15) is 17.3 Å². The van der Waals surface area contributed by atoms with Crippen LogP contribution in [-0.2, 0) is 14.3 Å². The van der Waals surface area contributed by atoms with Crippen molar-refractivity contribution in [2.75, 3.05) is 20.8 Å². The fourth-order valence-corrected chi connectivity index (χ4v) is 6.23. The third-order valence-electron chi connectivity index (χ3n) is 6.51. The first-order chi connectivity index (χ1) is 19.8. The van der Waals surface area contributed by atoms with Crippen molar-refractivity contribution < 1.29 is 28.2 Å². The molecular weight excluding hydrogens is 612 g/mol. The smallest absolute Gasteiger partial charge is 0.338 e. The van der Waals surface area contributed by atoms with E-state index in [1.165, 1.54) is 23.0 Å². The number of methoxy groups -OCH3 is 2. The number of rotatable bonds is 7. The fourth-order valence-electron chi connectivity index (χ4n) is 4.65. The van der Waals surface area contributed by atoms with E-state index < -0.39 is 18.0 Å². The molecule has 0 radical (unpaired) electrons. The van der Waals surface area contributed by atoms with Gasteiger partial charge in [0.15, 0.2) is 4.80 Å². The first-order valence-electron chi connectivity index (χ1n) is 12.6. The third-order valence-corrected chi connectivity index (χ3v) is 8.11. The minimum absolute atomic E-state index is 0.180. The first-order valence-corrected chi connectivity index (χ1v) is 14.2. The van der Waals surface area contributed by atoms with Crippen molar-refractivity contribution in [2.45, 2.75) is 19.9 Å². The van der Waals surface area contributed by atoms with Crippen molar-refractivity contribution in [3.8, 4) is 17.1 Å². The molecule has 3 heterocycles. The van der Waals surface area contributed by atoms with Crippen LogP contribution in [0.3, 0.4) is 0 Å². The highest BCUT2D eigenvalue weighted by molar-refractivity contribution is 9.10. The number of esters is 2. The number of ether oxygens (including phenoxy) is 3. The fraction of sp³-hybridized carbons (Fsp3) is 0.200. The molecule has 5 rings (SSSR count). The number of benzene rings is 2. The van der Waals surface area contributed by atoms with Crippen LogP contribution in [0.15, 0.2) is 84.5 Å². The molecule has 11 heteroatoms. The number of fused-ring (bicyclic) bond motifs is 1. The minimum Gasteiger partial charge on any atom is -0.496 e. The Kier molecular flexibility index (Phi) is 8.09. The van der Waals surface area contributed by atoms with Gasteiger partial charge in [-0.1, -0.05) is 35.6 Å². The summed E-state index contributed by atoms with van der Waals surface area (Å²) in [4.78, 5) is 44.3. The summed E-state index contributed by atoms with van der Waals surface area (Å²) in [6.07, 6.45) is 1.62. The van der Waals surface area contributed by atoms with Gasteiger partial charge in [-0.2, -0.15) is 0 Å². The molecule has 0 saturated heterocycles. The molecule has 1 aliphatic rings. The number of allylic oxidation sites excluding steroid dienone is 1. The Balaban J connectivity index is 1.64. The van der Waals surface area contributed by atoms with Crippen LogP contribution in [0, 0.1) is 0 Å². The molecule has 0 amide bonds. The van der Waals surface area contributed by atoms with E-state index in [4.69, 9.17) is 18.6 Å². The molecule has 0 bridgehead atoms. The lowest BCUT2D eigenvalue weighted by atomic mass is 9.96. The Morgan fingerprint density at radius 2 is 1.90 bits per heavy atom. The molecule has 210 valence electrons. The van der Waals surface area contributed by atoms with Crippen LogP contribution >= 0.6 is 27.3 Å². The van der Waals surface area contributed by atoms with Crippen LogP contribution in [0.25, 0.3) is 17.4 Å². The second-order valence-electron chi connectivity index (χ2n) is 8.94. The van der Waals surface area contributed by atoms with Crippen molar-refractivity contribution >= 4 is 45.3 Å². The summed E-state index contributed by atoms with van der Waals surface area (Å²) in [5, 5.41) is 0. The van der Waals surface area contributed by atoms with Crippen LogP contribution in [0.1, 0.15) is 41.6 Å². The highest BCUT2D eigenvalue weighted by Crippen LogP contribution is 2.35. The van der Waals surface area contributed by atoms with Crippen LogP contribution in [0.4, 0.5) is 0 Å². The average Bonchev–Trinajstić information content (AvgIpc) is 3.56. The molecule has 0 unspecified atom stereocenters. The molecule has 41 heavy (non-hydrogen) atoms. The zero-order valence-corrected chi connectivity index (χ0v) is 25.0. The van der Waals surface area contributed by atoms with E-state index in [2.05, 4.69) is 20.9 Å². The number of furan rings is 1. The maximum atomic E-state index is 13.9. The summed E-state index contributed by atoms with van der Waals surface area (Å²) >= 11 is 4.70. The number of carbonyl (C=O) groups is 2. The summed E-state index contributed by atoms with van der Waals surface area (Å²) in [5.74, 6) is 0.452. The van der Waals surface area contributed by atoms with Crippen molar-refractivity contribution in [1.29, 1.82) is 0 Å². The Labute approximate surface area is 247 Å². The summed E-state index contributed by atoms with van der Waals surface area (Å²) < 4.78 is 24.2. The van der Waals surface area contributed by atoms with Gasteiger partial charge >= 0.3 is 11.9 Å². The second kappa shape index (κ2) is 11.7. The number of hydrogen-bond acceptors (Lipinski definition) is 9. The van der Waals surface area contributed by atoms with Gasteiger partial charge in [-0.15, -0.1) is 0 Å². The lowest BCUT2D eigenvalue weighted by Crippen LogP contribution is -2.39. The Morgan fingerprint density at radius 3 is 2.61 bits per heavy atom. The Bertz CT molecular complexity index is 1880. The van der Waals surface area contributed by atoms with Crippen molar-refractivity contribution in [3.63, 3.8) is 0 Å². The molecule has 4 aromatic rings. The standard InChI is InChI=1S/C30H25BrN2O7S/c1-5-39-29(36)25-16(2)32-30-33(26(25)17-10-12-23(37-3)21(31)14-17)27(34)24(41-30)15-18-11-13-22(40-18)19-8-6-7-9-20(19)28(35)38-4/h6-15,26H,5H2,1-4H3/b24-15+/t26-/m0/s1. The number of halogens is 1. The highest BCUT2D eigenvalue weighted by Gasteiger charge is 2.33. The van der Waals surface area contributed by atoms with E-state index >= 15 is 0 Å². The van der Waals surface area contributed by atoms with Crippen molar-refractivity contribution in [2.24, 2.45) is 4.99 Å². The Hall–Kier alpha value is -4.22. The second-order valence-corrected chi connectivity index (χ2v) is 10.8. The molecule has 0 fully saturated rings. The normalized spacial score (nSPS) is 14.9. The van der Waals surface area contributed by atoms with Gasteiger partial charge in [0.2, 0.25) is 0 Å². The largest absolute Gasteiger partial charge is 0.496 e. The topological polar surface area (TPSA) is 109 Å². The van der Waals surface area contributed by atoms with Gasteiger partial charge in [-0.05, 0) is 65.7 Å². The summed E-state index contributed by atoms with van der Waals surface area (Å²) in [5.41, 5.74) is 2.02. The highest BCUT2D eigenvalue weighted by atomic mass is 79.9. The van der Waals surface area contributed by atoms with Gasteiger partial charge in [0.05, 0.1) is 52.7 Å². The van der Waals surface area contributed by atoms with Gasteiger partial charge < -0.3 is 18.6 Å². The van der Waals surface area contributed by atoms with E-state index in [9.17, 15) is 14.4 Å². The number of carbonyl (C=O) groups excluding carboxylic acids is 2. The van der Waals surface area contributed by atoms with Crippen LogP contribution < -0.4 is 19.6 Å². The minimum atomic E-state index is -0.770. The number of nitrogens with zero attached hydrogens (tertiary/aromatic N) is 2. The maximum Gasteiger partial charge on any atom is 0.338 e. The monoisotopic (exact) mass is 636 g/mol. The summed E-state index contributed by atoms with van der Waals surface area (Å²) in [6.45, 7) is 3.63. The quantitative estimate of drug-likeness (QED) is 0.272. The number of aromatic nitrogens is 1. The van der Waals surface area contributed by atoms with Crippen molar-refractivity contribution in [3.05, 3.63) is 107 Å². The molecule has 0 aliphatic carbocycles. The predicted octanol–water partition coefficient (Wildman–Crippen LogP) is 4.62. The molecule has 0 spiro atoms. The van der Waals surface area contributed by atoms with Crippen LogP contribution in [-0.4, -0.2) is 37.3 Å². The molecule has 0 N–H and O–H groups in total. The molecular formula is C30H25BrN2O7S. The van der Waals surface area contributed by atoms with E-state index in [1.54, 1.807) is 75.6 Å². The lowest BCUT2D eigenvalue weighted by Gasteiger charge is -2.25. The SMILES string of the molecule is CCOC(=O)C1=C(C)N=c2s/c(=C/c3ccc(-c4ccccc4C(=O)OC)o3)c(=O)n2[C@H]1c1ccc(OC)c(Br)c1. The predicted molar refractivity (Wildman–Crippen MR) is 157 cm³/mol. The number of thiazole rings is 1. The third kappa shape index (κ3) is 5.30. The molecule has 0 saturated carbocycles. The van der Waals surface area contributed by atoms with E-state index in [1.807, 2.05) is 6.07 Å². The zero-order chi connectivity index (χ0) is 29.3.